The molecule has 0 spiro atoms. The van der Waals surface area contributed by atoms with Gasteiger partial charge in [0.2, 0.25) is 0 Å². The van der Waals surface area contributed by atoms with Crippen LogP contribution in [-0.4, -0.2) is 14.2 Å². The molecule has 12 atom stereocenters. The molecule has 6 bridgehead atoms. The van der Waals surface area contributed by atoms with Crippen molar-refractivity contribution in [3.05, 3.63) is 58.7 Å². The van der Waals surface area contributed by atoms with E-state index in [1.54, 1.807) is 0 Å². The molecule has 0 radical (unpaired) electrons. The highest BCUT2D eigenvalue weighted by Crippen LogP contribution is 2.93. The Balaban J connectivity index is 1.17. The molecular formula is C38H36N2O2. The Hall–Kier alpha value is -3.50. The van der Waals surface area contributed by atoms with Gasteiger partial charge in [0.05, 0.1) is 14.2 Å². The Morgan fingerprint density at radius 3 is 1.64 bits per heavy atom. The fourth-order valence-electron chi connectivity index (χ4n) is 14.3. The second kappa shape index (κ2) is 7.34. The molecule has 4 nitrogen and oxygen atoms in total. The highest BCUT2D eigenvalue weighted by atomic mass is 16.5. The summed E-state index contributed by atoms with van der Waals surface area (Å²) in [5.41, 5.74) is 5.18. The monoisotopic (exact) mass is 552 g/mol. The Bertz CT molecular complexity index is 1780. The van der Waals surface area contributed by atoms with E-state index in [-0.39, 0.29) is 0 Å². The van der Waals surface area contributed by atoms with E-state index in [9.17, 15) is 10.5 Å². The third kappa shape index (κ3) is 2.17. The van der Waals surface area contributed by atoms with Gasteiger partial charge in [-0.05, 0) is 124 Å². The average molecular weight is 553 g/mol. The van der Waals surface area contributed by atoms with E-state index < -0.39 is 0 Å². The first-order valence-electron chi connectivity index (χ1n) is 16.1. The molecule has 6 fully saturated rings. The smallest absolute Gasteiger partial charge is 0.130 e. The Morgan fingerprint density at radius 2 is 1.21 bits per heavy atom. The minimum Gasteiger partial charge on any atom is -0.496 e. The first-order chi connectivity index (χ1) is 20.4. The highest BCUT2D eigenvalue weighted by molar-refractivity contribution is 6.05. The molecule has 4 heteroatoms. The van der Waals surface area contributed by atoms with Crippen molar-refractivity contribution in [3.8, 4) is 23.6 Å². The van der Waals surface area contributed by atoms with Crippen LogP contribution in [0.2, 0.25) is 0 Å². The zero-order valence-corrected chi connectivity index (χ0v) is 24.8. The van der Waals surface area contributed by atoms with Crippen molar-refractivity contribution >= 4 is 21.5 Å². The molecular weight excluding hydrogens is 516 g/mol. The molecule has 3 aromatic rings. The molecule has 3 aromatic carbocycles. The molecule has 4 unspecified atom stereocenters. The summed E-state index contributed by atoms with van der Waals surface area (Å²) >= 11 is 0. The third-order valence-corrected chi connectivity index (χ3v) is 15.1. The van der Waals surface area contributed by atoms with E-state index in [2.05, 4.69) is 62.4 Å². The van der Waals surface area contributed by atoms with Gasteiger partial charge >= 0.3 is 0 Å². The molecule has 0 heterocycles. The van der Waals surface area contributed by atoms with Crippen molar-refractivity contribution in [2.24, 2.45) is 58.2 Å². The van der Waals surface area contributed by atoms with E-state index in [1.807, 2.05) is 14.2 Å². The van der Waals surface area contributed by atoms with Crippen molar-refractivity contribution < 1.29 is 9.47 Å². The molecule has 0 amide bonds. The van der Waals surface area contributed by atoms with E-state index >= 15 is 0 Å². The largest absolute Gasteiger partial charge is 0.496 e. The predicted octanol–water partition coefficient (Wildman–Crippen LogP) is 8.12. The molecule has 0 aliphatic heterocycles. The second-order valence-electron chi connectivity index (χ2n) is 15.2. The van der Waals surface area contributed by atoms with Gasteiger partial charge in [-0.25, -0.2) is 0 Å². The van der Waals surface area contributed by atoms with Crippen LogP contribution in [0.1, 0.15) is 62.5 Å². The van der Waals surface area contributed by atoms with Crippen LogP contribution in [0.25, 0.3) is 21.5 Å². The standard InChI is InChI=1S/C38H36N2O2/c1-37-26-14-27(30-21-10-9-20(29(26)30)28(21)19(15-39)16-40)38(37,2)34-25-13-24(33(34)37)31-32(25)36(42-4)23-12-18-8-6-5-7-17(18)11-22(23)35(31)41-3/h5-8,11-12,20-21,24-27,29-30,33-34H,9-10,13-14H2,1-4H3/t20-,21+,24+,25-,26-,27+,29?,30?,33?,34?,37-,38+. The number of nitriles is 2. The molecule has 7 aliphatic carbocycles. The lowest BCUT2D eigenvalue weighted by molar-refractivity contribution is -0.249. The number of methoxy groups -OCH3 is 2. The first-order valence-corrected chi connectivity index (χ1v) is 16.1. The number of hydrogen-bond donors (Lipinski definition) is 0. The zero-order chi connectivity index (χ0) is 28.4. The summed E-state index contributed by atoms with van der Waals surface area (Å²) in [6.45, 7) is 5.33. The average Bonchev–Trinajstić information content (AvgIpc) is 3.84. The summed E-state index contributed by atoms with van der Waals surface area (Å²) in [7, 11) is 3.72. The van der Waals surface area contributed by atoms with Crippen molar-refractivity contribution in [1.29, 1.82) is 10.5 Å². The first kappa shape index (κ1) is 24.0. The third-order valence-electron chi connectivity index (χ3n) is 15.1. The zero-order valence-electron chi connectivity index (χ0n) is 24.8. The van der Waals surface area contributed by atoms with Gasteiger partial charge < -0.3 is 9.47 Å². The summed E-state index contributed by atoms with van der Waals surface area (Å²) in [4.78, 5) is 0. The van der Waals surface area contributed by atoms with Gasteiger partial charge in [-0.2, -0.15) is 10.5 Å². The number of nitrogens with zero attached hydrogens (tertiary/aromatic N) is 2. The van der Waals surface area contributed by atoms with E-state index in [0.29, 0.717) is 75.6 Å². The lowest BCUT2D eigenvalue weighted by atomic mass is 9.30. The van der Waals surface area contributed by atoms with Gasteiger partial charge in [0, 0.05) is 21.9 Å². The molecule has 0 N–H and O–H groups in total. The van der Waals surface area contributed by atoms with Crippen LogP contribution >= 0.6 is 0 Å². The van der Waals surface area contributed by atoms with Crippen molar-refractivity contribution in [1.82, 2.24) is 0 Å². The summed E-state index contributed by atoms with van der Waals surface area (Å²) in [6.07, 6.45) is 4.93. The molecule has 10 rings (SSSR count). The molecule has 6 saturated carbocycles. The van der Waals surface area contributed by atoms with Crippen LogP contribution in [0.15, 0.2) is 47.5 Å². The highest BCUT2D eigenvalue weighted by Gasteiger charge is 2.87. The maximum absolute atomic E-state index is 9.87. The van der Waals surface area contributed by atoms with Crippen LogP contribution in [0, 0.1) is 80.8 Å². The lowest BCUT2D eigenvalue weighted by Crippen LogP contribution is -2.69. The number of allylic oxidation sites excluding steroid dienone is 2. The molecule has 0 saturated heterocycles. The topological polar surface area (TPSA) is 66.0 Å². The molecule has 210 valence electrons. The van der Waals surface area contributed by atoms with Crippen molar-refractivity contribution in [2.75, 3.05) is 14.2 Å². The van der Waals surface area contributed by atoms with Gasteiger partial charge in [-0.3, -0.25) is 0 Å². The lowest BCUT2D eigenvalue weighted by Gasteiger charge is -2.73. The number of rotatable bonds is 2. The van der Waals surface area contributed by atoms with Gasteiger partial charge in [0.1, 0.15) is 29.2 Å². The van der Waals surface area contributed by atoms with Crippen LogP contribution in [-0.2, 0) is 0 Å². The number of fused-ring (bicyclic) bond motifs is 24. The summed E-state index contributed by atoms with van der Waals surface area (Å²) in [5, 5.41) is 24.6. The van der Waals surface area contributed by atoms with Gasteiger partial charge in [0.25, 0.3) is 0 Å². The molecule has 42 heavy (non-hydrogen) atoms. The Kier molecular flexibility index (Phi) is 4.19. The van der Waals surface area contributed by atoms with Crippen molar-refractivity contribution in [2.45, 2.75) is 51.4 Å². The van der Waals surface area contributed by atoms with Gasteiger partial charge in [0.15, 0.2) is 0 Å². The number of ether oxygens (including phenoxy) is 2. The van der Waals surface area contributed by atoms with Crippen molar-refractivity contribution in [3.63, 3.8) is 0 Å². The summed E-state index contributed by atoms with van der Waals surface area (Å²) < 4.78 is 12.7. The SMILES string of the molecule is COc1c2c(c(OC)c3cc4ccccc4cc13)[C@@H]1C[C@H]2C2C1[C@@]1(C)[C@@H]3C[C@@H](C4C3[C@@H]3CC[C@H]4C3=C(C#N)C#N)[C@@]21C. The Morgan fingerprint density at radius 1 is 0.738 bits per heavy atom. The molecule has 7 aliphatic rings. The van der Waals surface area contributed by atoms with E-state index in [4.69, 9.17) is 9.47 Å². The maximum atomic E-state index is 9.87. The molecule has 0 aromatic heterocycles. The fourth-order valence-corrected chi connectivity index (χ4v) is 14.3. The maximum Gasteiger partial charge on any atom is 0.130 e. The summed E-state index contributed by atoms with van der Waals surface area (Å²) in [6, 6.07) is 17.9. The second-order valence-corrected chi connectivity index (χ2v) is 15.2. The van der Waals surface area contributed by atoms with Crippen LogP contribution < -0.4 is 9.47 Å². The minimum absolute atomic E-state index is 0.298. The van der Waals surface area contributed by atoms with Crippen LogP contribution in [0.4, 0.5) is 0 Å². The number of hydrogen-bond acceptors (Lipinski definition) is 4. The predicted molar refractivity (Wildman–Crippen MR) is 161 cm³/mol. The number of benzene rings is 3. The minimum atomic E-state index is 0.298. The quantitative estimate of drug-likeness (QED) is 0.139. The van der Waals surface area contributed by atoms with Crippen LogP contribution in [0.5, 0.6) is 11.5 Å². The van der Waals surface area contributed by atoms with Gasteiger partial charge in [-0.15, -0.1) is 0 Å². The van der Waals surface area contributed by atoms with E-state index in [1.165, 1.54) is 63.9 Å². The van der Waals surface area contributed by atoms with Gasteiger partial charge in [-0.1, -0.05) is 38.1 Å². The van der Waals surface area contributed by atoms with E-state index in [0.717, 1.165) is 11.5 Å². The normalized spacial score (nSPS) is 43.9. The summed E-state index contributed by atoms with van der Waals surface area (Å²) in [5.74, 6) is 8.16. The fraction of sp³-hybridized carbons (Fsp3) is 0.526. The van der Waals surface area contributed by atoms with Crippen LogP contribution in [0.3, 0.4) is 0 Å². The Labute approximate surface area is 247 Å².